The largest absolute Gasteiger partial charge is 0.381 e. The van der Waals surface area contributed by atoms with E-state index in [9.17, 15) is 4.79 Å². The van der Waals surface area contributed by atoms with E-state index in [4.69, 9.17) is 4.74 Å². The molecule has 2 fully saturated rings. The van der Waals surface area contributed by atoms with Crippen molar-refractivity contribution < 1.29 is 9.53 Å². The van der Waals surface area contributed by atoms with Crippen LogP contribution in [0.25, 0.3) is 0 Å². The summed E-state index contributed by atoms with van der Waals surface area (Å²) in [6.07, 6.45) is 6.09. The van der Waals surface area contributed by atoms with E-state index in [1.807, 2.05) is 19.0 Å². The van der Waals surface area contributed by atoms with Gasteiger partial charge in [-0.1, -0.05) is 0 Å². The van der Waals surface area contributed by atoms with Crippen molar-refractivity contribution in [2.45, 2.75) is 50.3 Å². The standard InChI is InChI=1S/C14H27N3O2/c1-16(2)14(18)17-8-6-11(7-9-17)15-12-4-5-13(10-12)19-3/h11-13,15H,4-10H2,1-3H3. The molecule has 0 spiro atoms. The molecule has 2 aliphatic rings. The lowest BCUT2D eigenvalue weighted by Gasteiger charge is -2.35. The molecule has 0 bridgehead atoms. The number of urea groups is 1. The van der Waals surface area contributed by atoms with Gasteiger partial charge in [0.05, 0.1) is 6.10 Å². The molecule has 2 rings (SSSR count). The molecular formula is C14H27N3O2. The fourth-order valence-corrected chi connectivity index (χ4v) is 3.16. The molecule has 0 aromatic heterocycles. The van der Waals surface area contributed by atoms with E-state index in [1.165, 1.54) is 12.8 Å². The molecule has 0 radical (unpaired) electrons. The Morgan fingerprint density at radius 3 is 2.37 bits per heavy atom. The first-order valence-electron chi connectivity index (χ1n) is 7.35. The van der Waals surface area contributed by atoms with E-state index in [0.717, 1.165) is 32.4 Å². The Bertz CT molecular complexity index is 301. The molecule has 5 heteroatoms. The zero-order chi connectivity index (χ0) is 13.8. The topological polar surface area (TPSA) is 44.8 Å². The van der Waals surface area contributed by atoms with Gasteiger partial charge in [0.1, 0.15) is 0 Å². The van der Waals surface area contributed by atoms with E-state index in [0.29, 0.717) is 18.2 Å². The van der Waals surface area contributed by atoms with Gasteiger partial charge >= 0.3 is 6.03 Å². The summed E-state index contributed by atoms with van der Waals surface area (Å²) in [5, 5.41) is 3.74. The number of likely N-dealkylation sites (tertiary alicyclic amines) is 1. The molecule has 5 nitrogen and oxygen atoms in total. The second-order valence-electron chi connectivity index (χ2n) is 5.97. The van der Waals surface area contributed by atoms with Crippen molar-refractivity contribution in [1.82, 2.24) is 15.1 Å². The first-order valence-corrected chi connectivity index (χ1v) is 7.35. The number of piperidine rings is 1. The average Bonchev–Trinajstić information content (AvgIpc) is 2.86. The Labute approximate surface area is 116 Å². The maximum atomic E-state index is 11.8. The Morgan fingerprint density at radius 1 is 1.16 bits per heavy atom. The monoisotopic (exact) mass is 269 g/mol. The lowest BCUT2D eigenvalue weighted by atomic mass is 10.0. The number of methoxy groups -OCH3 is 1. The van der Waals surface area contributed by atoms with Crippen LogP contribution in [0.5, 0.6) is 0 Å². The zero-order valence-corrected chi connectivity index (χ0v) is 12.4. The van der Waals surface area contributed by atoms with Crippen molar-refractivity contribution in [2.75, 3.05) is 34.3 Å². The van der Waals surface area contributed by atoms with Gasteiger partial charge in [0.2, 0.25) is 0 Å². The maximum absolute atomic E-state index is 11.8. The van der Waals surface area contributed by atoms with Crippen LogP contribution in [0.4, 0.5) is 4.79 Å². The molecule has 19 heavy (non-hydrogen) atoms. The summed E-state index contributed by atoms with van der Waals surface area (Å²) in [7, 11) is 5.44. The Kier molecular flexibility index (Phi) is 5.05. The number of amides is 2. The van der Waals surface area contributed by atoms with Crippen molar-refractivity contribution >= 4 is 6.03 Å². The summed E-state index contributed by atoms with van der Waals surface area (Å²) >= 11 is 0. The SMILES string of the molecule is COC1CCC(NC2CCN(C(=O)N(C)C)CC2)C1. The highest BCUT2D eigenvalue weighted by Crippen LogP contribution is 2.23. The number of hydrogen-bond acceptors (Lipinski definition) is 3. The molecule has 1 saturated heterocycles. The summed E-state index contributed by atoms with van der Waals surface area (Å²) < 4.78 is 5.41. The highest BCUT2D eigenvalue weighted by Gasteiger charge is 2.29. The van der Waals surface area contributed by atoms with Crippen molar-refractivity contribution in [3.8, 4) is 0 Å². The van der Waals surface area contributed by atoms with Gasteiger partial charge in [-0.2, -0.15) is 0 Å². The lowest BCUT2D eigenvalue weighted by molar-refractivity contribution is 0.105. The number of carbonyl (C=O) groups is 1. The minimum absolute atomic E-state index is 0.138. The molecule has 1 N–H and O–H groups in total. The van der Waals surface area contributed by atoms with Crippen molar-refractivity contribution in [3.63, 3.8) is 0 Å². The highest BCUT2D eigenvalue weighted by molar-refractivity contribution is 5.73. The van der Waals surface area contributed by atoms with Crippen LogP contribution < -0.4 is 5.32 Å². The zero-order valence-electron chi connectivity index (χ0n) is 12.4. The number of nitrogens with zero attached hydrogens (tertiary/aromatic N) is 2. The van der Waals surface area contributed by atoms with Gasteiger partial charge in [-0.3, -0.25) is 0 Å². The number of ether oxygens (including phenoxy) is 1. The van der Waals surface area contributed by atoms with Gasteiger partial charge in [0.15, 0.2) is 0 Å². The lowest BCUT2D eigenvalue weighted by Crippen LogP contribution is -2.49. The fourth-order valence-electron chi connectivity index (χ4n) is 3.16. The number of nitrogens with one attached hydrogen (secondary N) is 1. The van der Waals surface area contributed by atoms with Crippen LogP contribution in [0.2, 0.25) is 0 Å². The molecule has 0 aromatic carbocycles. The second kappa shape index (κ2) is 6.57. The molecule has 2 amide bonds. The number of hydrogen-bond donors (Lipinski definition) is 1. The minimum atomic E-state index is 0.138. The highest BCUT2D eigenvalue weighted by atomic mass is 16.5. The molecule has 1 aliphatic carbocycles. The van der Waals surface area contributed by atoms with Gasteiger partial charge < -0.3 is 19.9 Å². The van der Waals surface area contributed by atoms with Gasteiger partial charge in [-0.15, -0.1) is 0 Å². The number of carbonyl (C=O) groups excluding carboxylic acids is 1. The molecule has 110 valence electrons. The summed E-state index contributed by atoms with van der Waals surface area (Å²) in [5.74, 6) is 0. The van der Waals surface area contributed by atoms with E-state index in [-0.39, 0.29) is 6.03 Å². The predicted molar refractivity (Wildman–Crippen MR) is 75.2 cm³/mol. The summed E-state index contributed by atoms with van der Waals surface area (Å²) in [6, 6.07) is 1.30. The Morgan fingerprint density at radius 2 is 1.84 bits per heavy atom. The van der Waals surface area contributed by atoms with Crippen molar-refractivity contribution in [2.24, 2.45) is 0 Å². The van der Waals surface area contributed by atoms with Crippen LogP contribution in [-0.4, -0.2) is 68.3 Å². The smallest absolute Gasteiger partial charge is 0.319 e. The summed E-state index contributed by atoms with van der Waals surface area (Å²) in [4.78, 5) is 15.5. The van der Waals surface area contributed by atoms with Crippen LogP contribution in [0.3, 0.4) is 0 Å². The second-order valence-corrected chi connectivity index (χ2v) is 5.97. The Balaban J connectivity index is 1.70. The van der Waals surface area contributed by atoms with Crippen LogP contribution in [0.1, 0.15) is 32.1 Å². The first-order chi connectivity index (χ1) is 9.10. The van der Waals surface area contributed by atoms with Gasteiger partial charge in [-0.05, 0) is 32.1 Å². The Hall–Kier alpha value is -0.810. The fraction of sp³-hybridized carbons (Fsp3) is 0.929. The first kappa shape index (κ1) is 14.6. The average molecular weight is 269 g/mol. The molecule has 2 atom stereocenters. The third-order valence-corrected chi connectivity index (χ3v) is 4.34. The van der Waals surface area contributed by atoms with E-state index in [2.05, 4.69) is 5.32 Å². The molecule has 2 unspecified atom stereocenters. The van der Waals surface area contributed by atoms with E-state index < -0.39 is 0 Å². The van der Waals surface area contributed by atoms with Crippen LogP contribution in [-0.2, 0) is 4.74 Å². The molecular weight excluding hydrogens is 242 g/mol. The predicted octanol–water partition coefficient (Wildman–Crippen LogP) is 1.29. The van der Waals surface area contributed by atoms with Gasteiger partial charge in [-0.25, -0.2) is 4.79 Å². The molecule has 0 aromatic rings. The molecule has 1 aliphatic heterocycles. The van der Waals surface area contributed by atoms with Crippen LogP contribution in [0, 0.1) is 0 Å². The third kappa shape index (κ3) is 3.83. The molecule has 1 saturated carbocycles. The molecule has 1 heterocycles. The van der Waals surface area contributed by atoms with Gasteiger partial charge in [0.25, 0.3) is 0 Å². The van der Waals surface area contributed by atoms with E-state index in [1.54, 1.807) is 12.0 Å². The van der Waals surface area contributed by atoms with Crippen LogP contribution in [0.15, 0.2) is 0 Å². The van der Waals surface area contributed by atoms with Crippen molar-refractivity contribution in [1.29, 1.82) is 0 Å². The third-order valence-electron chi connectivity index (χ3n) is 4.34. The van der Waals surface area contributed by atoms with E-state index >= 15 is 0 Å². The number of rotatable bonds is 3. The van der Waals surface area contributed by atoms with Gasteiger partial charge in [0, 0.05) is 46.4 Å². The maximum Gasteiger partial charge on any atom is 0.319 e. The quantitative estimate of drug-likeness (QED) is 0.839. The summed E-state index contributed by atoms with van der Waals surface area (Å²) in [5.41, 5.74) is 0. The normalized spacial score (nSPS) is 28.7. The van der Waals surface area contributed by atoms with Crippen molar-refractivity contribution in [3.05, 3.63) is 0 Å². The summed E-state index contributed by atoms with van der Waals surface area (Å²) in [6.45, 7) is 1.74. The van der Waals surface area contributed by atoms with Crippen LogP contribution >= 0.6 is 0 Å². The minimum Gasteiger partial charge on any atom is -0.381 e.